The van der Waals surface area contributed by atoms with Gasteiger partial charge in [-0.25, -0.2) is 0 Å². The van der Waals surface area contributed by atoms with Crippen LogP contribution in [0.15, 0.2) is 12.7 Å². The van der Waals surface area contributed by atoms with Gasteiger partial charge in [0.1, 0.15) is 0 Å². The van der Waals surface area contributed by atoms with Crippen LogP contribution in [0.2, 0.25) is 0 Å². The Kier molecular flexibility index (Phi) is 3.60. The Morgan fingerprint density at radius 3 is 2.55 bits per heavy atom. The number of nitrogens with zero attached hydrogens (tertiary/aromatic N) is 1. The number of hydrogen-bond acceptors (Lipinski definition) is 2. The number of hydrogen-bond donors (Lipinski definition) is 1. The molecule has 1 heterocycles. The van der Waals surface area contributed by atoms with Gasteiger partial charge in [0.2, 0.25) is 0 Å². The van der Waals surface area contributed by atoms with Crippen molar-refractivity contribution in [1.82, 2.24) is 4.90 Å². The fourth-order valence-corrected chi connectivity index (χ4v) is 1.48. The smallest absolute Gasteiger partial charge is 0.0845 e. The van der Waals surface area contributed by atoms with Gasteiger partial charge in [-0.15, -0.1) is 6.58 Å². The van der Waals surface area contributed by atoms with Crippen LogP contribution in [0, 0.1) is 0 Å². The molecule has 2 nitrogen and oxygen atoms in total. The number of rotatable bonds is 3. The molecule has 0 radical (unpaired) electrons. The Hall–Kier alpha value is -0.340. The van der Waals surface area contributed by atoms with E-state index in [-0.39, 0.29) is 6.10 Å². The third kappa shape index (κ3) is 3.04. The molecular weight excluding hydrogens is 138 g/mol. The molecule has 0 aliphatic carbocycles. The topological polar surface area (TPSA) is 23.5 Å². The molecule has 1 unspecified atom stereocenters. The second-order valence-corrected chi connectivity index (χ2v) is 3.16. The van der Waals surface area contributed by atoms with Gasteiger partial charge in [-0.3, -0.25) is 0 Å². The first kappa shape index (κ1) is 8.75. The Bertz CT molecular complexity index is 119. The highest BCUT2D eigenvalue weighted by Crippen LogP contribution is 2.08. The summed E-state index contributed by atoms with van der Waals surface area (Å²) in [5.41, 5.74) is 0. The van der Waals surface area contributed by atoms with E-state index in [2.05, 4.69) is 11.5 Å². The van der Waals surface area contributed by atoms with Crippen molar-refractivity contribution in [1.29, 1.82) is 0 Å². The summed E-state index contributed by atoms with van der Waals surface area (Å²) in [6.07, 6.45) is 5.18. The van der Waals surface area contributed by atoms with Crippen molar-refractivity contribution in [3.8, 4) is 0 Å². The van der Waals surface area contributed by atoms with Crippen LogP contribution in [0.5, 0.6) is 0 Å². The zero-order valence-corrected chi connectivity index (χ0v) is 7.00. The summed E-state index contributed by atoms with van der Waals surface area (Å²) in [7, 11) is 0. The minimum absolute atomic E-state index is 0.340. The van der Waals surface area contributed by atoms with Gasteiger partial charge in [0.25, 0.3) is 0 Å². The van der Waals surface area contributed by atoms with Crippen molar-refractivity contribution < 1.29 is 5.11 Å². The summed E-state index contributed by atoms with van der Waals surface area (Å²) >= 11 is 0. The molecule has 1 aliphatic heterocycles. The van der Waals surface area contributed by atoms with Crippen LogP contribution in [0.1, 0.15) is 19.3 Å². The molecule has 0 bridgehead atoms. The Labute approximate surface area is 68.5 Å². The number of piperidine rings is 1. The van der Waals surface area contributed by atoms with E-state index in [1.165, 1.54) is 19.3 Å². The summed E-state index contributed by atoms with van der Waals surface area (Å²) in [6.45, 7) is 6.60. The largest absolute Gasteiger partial charge is 0.388 e. The van der Waals surface area contributed by atoms with E-state index in [1.54, 1.807) is 6.08 Å². The molecule has 1 aliphatic rings. The fraction of sp³-hybridized carbons (Fsp3) is 0.778. The number of likely N-dealkylation sites (tertiary alicyclic amines) is 1. The first-order valence-corrected chi connectivity index (χ1v) is 4.36. The highest BCUT2D eigenvalue weighted by molar-refractivity contribution is 4.81. The van der Waals surface area contributed by atoms with Crippen LogP contribution in [0.4, 0.5) is 0 Å². The quantitative estimate of drug-likeness (QED) is 0.615. The van der Waals surface area contributed by atoms with Crippen LogP contribution in [0.25, 0.3) is 0 Å². The van der Waals surface area contributed by atoms with Gasteiger partial charge in [0, 0.05) is 6.54 Å². The lowest BCUT2D eigenvalue weighted by Crippen LogP contribution is -2.35. The normalized spacial score (nSPS) is 23.0. The van der Waals surface area contributed by atoms with Crippen LogP contribution < -0.4 is 0 Å². The minimum atomic E-state index is -0.340. The predicted octanol–water partition coefficient (Wildman–Crippen LogP) is 1.02. The maximum Gasteiger partial charge on any atom is 0.0845 e. The number of aliphatic hydroxyl groups excluding tert-OH is 1. The second kappa shape index (κ2) is 4.52. The van der Waals surface area contributed by atoms with E-state index in [1.807, 2.05) is 0 Å². The first-order valence-electron chi connectivity index (χ1n) is 4.36. The summed E-state index contributed by atoms with van der Waals surface area (Å²) in [4.78, 5) is 2.30. The van der Waals surface area contributed by atoms with Crippen LogP contribution in [0.3, 0.4) is 0 Å². The molecular formula is C9H17NO. The van der Waals surface area contributed by atoms with E-state index >= 15 is 0 Å². The van der Waals surface area contributed by atoms with Crippen molar-refractivity contribution in [2.24, 2.45) is 0 Å². The Morgan fingerprint density at radius 1 is 1.36 bits per heavy atom. The molecule has 1 N–H and O–H groups in total. The van der Waals surface area contributed by atoms with Gasteiger partial charge in [0.15, 0.2) is 0 Å². The lowest BCUT2D eigenvalue weighted by molar-refractivity contribution is 0.132. The maximum atomic E-state index is 9.25. The van der Waals surface area contributed by atoms with Crippen molar-refractivity contribution in [3.63, 3.8) is 0 Å². The molecule has 2 heteroatoms. The lowest BCUT2D eigenvalue weighted by Gasteiger charge is -2.27. The third-order valence-corrected chi connectivity index (χ3v) is 2.17. The molecule has 0 spiro atoms. The molecule has 1 atom stereocenters. The summed E-state index contributed by atoms with van der Waals surface area (Å²) < 4.78 is 0. The van der Waals surface area contributed by atoms with E-state index in [0.29, 0.717) is 0 Å². The molecule has 1 fully saturated rings. The molecule has 0 aromatic carbocycles. The molecule has 0 amide bonds. The van der Waals surface area contributed by atoms with E-state index in [4.69, 9.17) is 0 Å². The van der Waals surface area contributed by atoms with Crippen LogP contribution in [-0.2, 0) is 0 Å². The van der Waals surface area contributed by atoms with E-state index in [9.17, 15) is 5.11 Å². The minimum Gasteiger partial charge on any atom is -0.388 e. The second-order valence-electron chi connectivity index (χ2n) is 3.16. The molecule has 0 aromatic heterocycles. The zero-order chi connectivity index (χ0) is 8.10. The van der Waals surface area contributed by atoms with Crippen molar-refractivity contribution in [3.05, 3.63) is 12.7 Å². The molecule has 0 saturated carbocycles. The third-order valence-electron chi connectivity index (χ3n) is 2.17. The summed E-state index contributed by atoms with van der Waals surface area (Å²) in [5.74, 6) is 0. The zero-order valence-electron chi connectivity index (χ0n) is 7.00. The average molecular weight is 155 g/mol. The highest BCUT2D eigenvalue weighted by Gasteiger charge is 2.11. The Balaban J connectivity index is 2.18. The number of β-amino-alcohol motifs (C(OH)–C–C–N with tert-alkyl or cyclic N) is 1. The van der Waals surface area contributed by atoms with E-state index < -0.39 is 0 Å². The fourth-order valence-electron chi connectivity index (χ4n) is 1.48. The predicted molar refractivity (Wildman–Crippen MR) is 46.5 cm³/mol. The average Bonchev–Trinajstić information content (AvgIpc) is 2.06. The van der Waals surface area contributed by atoms with Crippen LogP contribution in [-0.4, -0.2) is 35.7 Å². The highest BCUT2D eigenvalue weighted by atomic mass is 16.3. The maximum absolute atomic E-state index is 9.25. The SMILES string of the molecule is C=CC(O)CN1CCCCC1. The summed E-state index contributed by atoms with van der Waals surface area (Å²) in [6, 6.07) is 0. The van der Waals surface area contributed by atoms with Gasteiger partial charge in [-0.1, -0.05) is 12.5 Å². The van der Waals surface area contributed by atoms with Crippen molar-refractivity contribution in [2.45, 2.75) is 25.4 Å². The van der Waals surface area contributed by atoms with Gasteiger partial charge in [-0.05, 0) is 25.9 Å². The molecule has 64 valence electrons. The Morgan fingerprint density at radius 2 is 2.00 bits per heavy atom. The summed E-state index contributed by atoms with van der Waals surface area (Å²) in [5, 5.41) is 9.25. The molecule has 1 rings (SSSR count). The molecule has 11 heavy (non-hydrogen) atoms. The molecule has 1 saturated heterocycles. The monoisotopic (exact) mass is 155 g/mol. The first-order chi connectivity index (χ1) is 5.33. The number of aliphatic hydroxyl groups is 1. The van der Waals surface area contributed by atoms with Gasteiger partial charge >= 0.3 is 0 Å². The standard InChI is InChI=1S/C9H17NO/c1-2-9(11)8-10-6-4-3-5-7-10/h2,9,11H,1,3-8H2. The van der Waals surface area contributed by atoms with Gasteiger partial charge in [-0.2, -0.15) is 0 Å². The lowest BCUT2D eigenvalue weighted by atomic mass is 10.1. The van der Waals surface area contributed by atoms with Crippen molar-refractivity contribution >= 4 is 0 Å². The van der Waals surface area contributed by atoms with Crippen LogP contribution >= 0.6 is 0 Å². The van der Waals surface area contributed by atoms with Crippen molar-refractivity contribution in [2.75, 3.05) is 19.6 Å². The van der Waals surface area contributed by atoms with E-state index in [0.717, 1.165) is 19.6 Å². The van der Waals surface area contributed by atoms with Gasteiger partial charge in [0.05, 0.1) is 6.10 Å². The van der Waals surface area contributed by atoms with Gasteiger partial charge < -0.3 is 10.0 Å². The molecule has 0 aromatic rings.